The van der Waals surface area contributed by atoms with Crippen molar-refractivity contribution in [1.82, 2.24) is 0 Å². The number of hydrogen-bond acceptors (Lipinski definition) is 0. The predicted molar refractivity (Wildman–Crippen MR) is 75.7 cm³/mol. The molecule has 1 radical (unpaired) electrons. The minimum atomic E-state index is 0.332. The Morgan fingerprint density at radius 3 is 1.94 bits per heavy atom. The quantitative estimate of drug-likeness (QED) is 0.533. The fourth-order valence-electron chi connectivity index (χ4n) is 1.19. The molecule has 0 aromatic heterocycles. The van der Waals surface area contributed by atoms with Gasteiger partial charge in [0.05, 0.1) is 0 Å². The van der Waals surface area contributed by atoms with E-state index in [4.69, 9.17) is 23.2 Å². The number of rotatable bonds is 5. The third kappa shape index (κ3) is 8.01. The Hall–Kier alpha value is -0.200. The fraction of sp³-hybridized carbons (Fsp3) is 0.500. The third-order valence-corrected chi connectivity index (χ3v) is 2.65. The van der Waals surface area contributed by atoms with Crippen molar-refractivity contribution in [3.05, 3.63) is 39.3 Å². The van der Waals surface area contributed by atoms with Crippen LogP contribution in [0.1, 0.15) is 47.5 Å². The van der Waals surface area contributed by atoms with Gasteiger partial charge in [-0.1, -0.05) is 46.0 Å². The van der Waals surface area contributed by atoms with Crippen LogP contribution in [-0.2, 0) is 0 Å². The van der Waals surface area contributed by atoms with Gasteiger partial charge in [0.1, 0.15) is 4.49 Å². The smallest absolute Gasteiger partial charge is 0.0850 e. The second kappa shape index (κ2) is 7.97. The monoisotopic (exact) mass is 259 g/mol. The molecule has 0 rings (SSSR count). The van der Waals surface area contributed by atoms with Crippen LogP contribution < -0.4 is 0 Å². The molecule has 0 aliphatic rings. The second-order valence-electron chi connectivity index (χ2n) is 4.53. The van der Waals surface area contributed by atoms with Gasteiger partial charge in [-0.15, -0.1) is 0 Å². The lowest BCUT2D eigenvalue weighted by Gasteiger charge is -2.12. The van der Waals surface area contributed by atoms with Crippen LogP contribution in [0.2, 0.25) is 0 Å². The summed E-state index contributed by atoms with van der Waals surface area (Å²) >= 11 is 11.4. The highest BCUT2D eigenvalue weighted by Gasteiger charge is 2.07. The van der Waals surface area contributed by atoms with Gasteiger partial charge >= 0.3 is 0 Å². The summed E-state index contributed by atoms with van der Waals surface area (Å²) in [6.07, 6.45) is 5.90. The van der Waals surface area contributed by atoms with E-state index in [-0.39, 0.29) is 0 Å². The molecule has 0 saturated carbocycles. The molecule has 0 heterocycles. The standard InChI is InChI=1S/C14H21Cl2/c1-10(2)6-7-13(9-14(15)16)8-12(5)11(3)4/h6,9H,7-8H2,1-5H3. The first-order valence-electron chi connectivity index (χ1n) is 5.46. The van der Waals surface area contributed by atoms with Crippen molar-refractivity contribution < 1.29 is 0 Å². The van der Waals surface area contributed by atoms with Crippen LogP contribution in [0, 0.1) is 5.92 Å². The highest BCUT2D eigenvalue weighted by Crippen LogP contribution is 2.25. The van der Waals surface area contributed by atoms with E-state index in [0.717, 1.165) is 12.8 Å². The maximum Gasteiger partial charge on any atom is 0.103 e. The molecule has 0 aliphatic carbocycles. The molecule has 0 aromatic rings. The molecule has 0 aliphatic heterocycles. The summed E-state index contributed by atoms with van der Waals surface area (Å²) in [5.41, 5.74) is 4.04. The Morgan fingerprint density at radius 1 is 1.00 bits per heavy atom. The fourth-order valence-corrected chi connectivity index (χ4v) is 1.50. The molecule has 0 fully saturated rings. The molecular formula is C14H21Cl2. The Balaban J connectivity index is 4.64. The summed E-state index contributed by atoms with van der Waals surface area (Å²) in [7, 11) is 0. The summed E-state index contributed by atoms with van der Waals surface area (Å²) in [5.74, 6) is 1.25. The number of halogens is 2. The Kier molecular flexibility index (Phi) is 7.87. The SMILES string of the molecule is CC(C)=CC[C](C=C(Cl)Cl)CC(C)=C(C)C. The Morgan fingerprint density at radius 2 is 1.56 bits per heavy atom. The van der Waals surface area contributed by atoms with Gasteiger partial charge in [-0.3, -0.25) is 0 Å². The van der Waals surface area contributed by atoms with Crippen molar-refractivity contribution in [2.24, 2.45) is 0 Å². The molecular weight excluding hydrogens is 239 g/mol. The van der Waals surface area contributed by atoms with E-state index in [2.05, 4.69) is 40.7 Å². The first kappa shape index (κ1) is 15.8. The van der Waals surface area contributed by atoms with E-state index in [9.17, 15) is 0 Å². The van der Waals surface area contributed by atoms with Crippen molar-refractivity contribution in [3.8, 4) is 0 Å². The zero-order valence-corrected chi connectivity index (χ0v) is 12.3. The normalized spacial score (nSPS) is 10.0. The summed E-state index contributed by atoms with van der Waals surface area (Å²) in [6.45, 7) is 10.6. The molecule has 0 bridgehead atoms. The zero-order valence-electron chi connectivity index (χ0n) is 10.8. The average Bonchev–Trinajstić information content (AvgIpc) is 2.12. The van der Waals surface area contributed by atoms with E-state index in [0.29, 0.717) is 4.49 Å². The minimum Gasteiger partial charge on any atom is -0.0850 e. The van der Waals surface area contributed by atoms with Crippen LogP contribution >= 0.6 is 23.2 Å². The van der Waals surface area contributed by atoms with E-state index >= 15 is 0 Å². The van der Waals surface area contributed by atoms with Gasteiger partial charge in [0.25, 0.3) is 0 Å². The van der Waals surface area contributed by atoms with E-state index < -0.39 is 0 Å². The van der Waals surface area contributed by atoms with Crippen LogP contribution in [0.15, 0.2) is 33.4 Å². The van der Waals surface area contributed by atoms with Gasteiger partial charge < -0.3 is 0 Å². The summed E-state index contributed by atoms with van der Waals surface area (Å²) in [5, 5.41) is 0. The van der Waals surface area contributed by atoms with Crippen LogP contribution in [0.3, 0.4) is 0 Å². The molecule has 2 heteroatoms. The second-order valence-corrected chi connectivity index (χ2v) is 5.54. The van der Waals surface area contributed by atoms with Gasteiger partial charge in [-0.05, 0) is 53.5 Å². The minimum absolute atomic E-state index is 0.332. The van der Waals surface area contributed by atoms with Crippen LogP contribution in [0.5, 0.6) is 0 Å². The Bertz CT molecular complexity index is 297. The lowest BCUT2D eigenvalue weighted by molar-refractivity contribution is 0.913. The van der Waals surface area contributed by atoms with E-state index in [1.54, 1.807) is 0 Å². The Labute approximate surface area is 110 Å². The third-order valence-electron chi connectivity index (χ3n) is 2.43. The van der Waals surface area contributed by atoms with Gasteiger partial charge in [-0.25, -0.2) is 0 Å². The zero-order chi connectivity index (χ0) is 12.7. The first-order chi connectivity index (χ1) is 7.32. The van der Waals surface area contributed by atoms with Crippen LogP contribution in [-0.4, -0.2) is 0 Å². The molecule has 0 atom stereocenters. The summed E-state index contributed by atoms with van der Waals surface area (Å²) < 4.78 is 0.332. The maximum atomic E-state index is 5.72. The van der Waals surface area contributed by atoms with Crippen LogP contribution in [0.25, 0.3) is 0 Å². The van der Waals surface area contributed by atoms with Gasteiger partial charge in [0.2, 0.25) is 0 Å². The van der Waals surface area contributed by atoms with Crippen molar-refractivity contribution in [3.63, 3.8) is 0 Å². The highest BCUT2D eigenvalue weighted by molar-refractivity contribution is 6.56. The van der Waals surface area contributed by atoms with Gasteiger partial charge in [-0.2, -0.15) is 0 Å². The molecule has 0 nitrogen and oxygen atoms in total. The maximum absolute atomic E-state index is 5.72. The largest absolute Gasteiger partial charge is 0.103 e. The van der Waals surface area contributed by atoms with Crippen molar-refractivity contribution in [2.75, 3.05) is 0 Å². The molecule has 0 aromatic carbocycles. The van der Waals surface area contributed by atoms with E-state index in [1.807, 2.05) is 6.08 Å². The lowest BCUT2D eigenvalue weighted by Crippen LogP contribution is -1.95. The number of allylic oxidation sites excluding steroid dienone is 5. The topological polar surface area (TPSA) is 0 Å². The van der Waals surface area contributed by atoms with Crippen molar-refractivity contribution in [1.29, 1.82) is 0 Å². The molecule has 0 amide bonds. The first-order valence-corrected chi connectivity index (χ1v) is 6.22. The molecule has 0 N–H and O–H groups in total. The predicted octanol–water partition coefficient (Wildman–Crippen LogP) is 5.98. The van der Waals surface area contributed by atoms with E-state index in [1.165, 1.54) is 22.6 Å². The molecule has 16 heavy (non-hydrogen) atoms. The lowest BCUT2D eigenvalue weighted by atomic mass is 9.94. The van der Waals surface area contributed by atoms with Crippen LogP contribution in [0.4, 0.5) is 0 Å². The summed E-state index contributed by atoms with van der Waals surface area (Å²) in [6, 6.07) is 0. The van der Waals surface area contributed by atoms with Crippen molar-refractivity contribution in [2.45, 2.75) is 47.5 Å². The van der Waals surface area contributed by atoms with Crippen molar-refractivity contribution >= 4 is 23.2 Å². The van der Waals surface area contributed by atoms with Gasteiger partial charge in [0, 0.05) is 5.92 Å². The molecule has 0 saturated heterocycles. The molecule has 0 spiro atoms. The highest BCUT2D eigenvalue weighted by atomic mass is 35.5. The average molecular weight is 260 g/mol. The number of hydrogen-bond donors (Lipinski definition) is 0. The summed E-state index contributed by atoms with van der Waals surface area (Å²) in [4.78, 5) is 0. The molecule has 91 valence electrons. The van der Waals surface area contributed by atoms with Gasteiger partial charge in [0.15, 0.2) is 0 Å². The molecule has 0 unspecified atom stereocenters.